The molecule has 3 rings (SSSR count). The van der Waals surface area contributed by atoms with Gasteiger partial charge in [-0.15, -0.1) is 0 Å². The smallest absolute Gasteiger partial charge is 0.246 e. The van der Waals surface area contributed by atoms with E-state index in [0.29, 0.717) is 38.6 Å². The molecule has 2 fully saturated rings. The highest BCUT2D eigenvalue weighted by molar-refractivity contribution is 5.91. The predicted octanol–water partition coefficient (Wildman–Crippen LogP) is 1.30. The van der Waals surface area contributed by atoms with Crippen molar-refractivity contribution in [3.05, 3.63) is 24.3 Å². The number of piperidine rings is 1. The summed E-state index contributed by atoms with van der Waals surface area (Å²) in [6.07, 6.45) is 9.95. The minimum absolute atomic E-state index is 0.0204. The molecule has 0 unspecified atom stereocenters. The summed E-state index contributed by atoms with van der Waals surface area (Å²) in [7, 11) is 1.66. The summed E-state index contributed by atoms with van der Waals surface area (Å²) in [6, 6.07) is 0.228. The van der Waals surface area contributed by atoms with Crippen LogP contribution in [0.3, 0.4) is 0 Å². The van der Waals surface area contributed by atoms with Crippen LogP contribution in [0, 0.1) is 5.92 Å². The van der Waals surface area contributed by atoms with Gasteiger partial charge in [-0.05, 0) is 31.3 Å². The van der Waals surface area contributed by atoms with Gasteiger partial charge in [-0.2, -0.15) is 0 Å². The van der Waals surface area contributed by atoms with Crippen molar-refractivity contribution in [2.75, 3.05) is 33.4 Å². The number of likely N-dealkylation sites (tertiary alicyclic amines) is 2. The van der Waals surface area contributed by atoms with Crippen LogP contribution >= 0.6 is 0 Å². The van der Waals surface area contributed by atoms with E-state index in [-0.39, 0.29) is 17.9 Å². The first kappa shape index (κ1) is 17.7. The fraction of sp³-hybridized carbons (Fsp3) is 0.611. The molecular weight excluding hydrogens is 320 g/mol. The third-order valence-electron chi connectivity index (χ3n) is 5.15. The molecule has 0 aromatic carbocycles. The van der Waals surface area contributed by atoms with E-state index in [4.69, 9.17) is 4.74 Å². The summed E-state index contributed by atoms with van der Waals surface area (Å²) in [5.74, 6) is 0.595. The van der Waals surface area contributed by atoms with E-state index in [1.165, 1.54) is 0 Å². The lowest BCUT2D eigenvalue weighted by atomic mass is 9.88. The quantitative estimate of drug-likeness (QED) is 0.815. The molecule has 2 aliphatic rings. The number of carbonyl (C=O) groups is 2. The molecule has 7 heteroatoms. The van der Waals surface area contributed by atoms with Crippen LogP contribution in [-0.4, -0.2) is 71.0 Å². The molecule has 0 aliphatic carbocycles. The topological polar surface area (TPSA) is 78.5 Å². The maximum absolute atomic E-state index is 12.5. The average molecular weight is 346 g/mol. The fourth-order valence-electron chi connectivity index (χ4n) is 3.86. The number of carbonyl (C=O) groups excluding carboxylic acids is 2. The number of fused-ring (bicyclic) bond motifs is 1. The summed E-state index contributed by atoms with van der Waals surface area (Å²) < 4.78 is 5.16. The highest BCUT2D eigenvalue weighted by Crippen LogP contribution is 2.30. The molecule has 7 nitrogen and oxygen atoms in total. The van der Waals surface area contributed by atoms with Gasteiger partial charge in [-0.1, -0.05) is 0 Å². The van der Waals surface area contributed by atoms with Crippen LogP contribution in [-0.2, 0) is 14.3 Å². The van der Waals surface area contributed by atoms with Gasteiger partial charge in [-0.25, -0.2) is 4.98 Å². The van der Waals surface area contributed by atoms with Crippen LogP contribution in [0.5, 0.6) is 0 Å². The van der Waals surface area contributed by atoms with Crippen LogP contribution in [0.25, 0.3) is 6.08 Å². The molecule has 2 amide bonds. The van der Waals surface area contributed by atoms with Crippen LogP contribution in [0.4, 0.5) is 0 Å². The Balaban J connectivity index is 1.63. The normalized spacial score (nSPS) is 24.4. The first-order valence-electron chi connectivity index (χ1n) is 8.93. The molecule has 0 bridgehead atoms. The van der Waals surface area contributed by atoms with Crippen molar-refractivity contribution in [3.63, 3.8) is 0 Å². The van der Waals surface area contributed by atoms with E-state index in [2.05, 4.69) is 9.97 Å². The Morgan fingerprint density at radius 3 is 3.12 bits per heavy atom. The van der Waals surface area contributed by atoms with Crippen molar-refractivity contribution in [2.45, 2.75) is 31.7 Å². The molecule has 1 aromatic rings. The van der Waals surface area contributed by atoms with E-state index in [1.807, 2.05) is 9.80 Å². The number of hydrogen-bond acceptors (Lipinski definition) is 4. The van der Waals surface area contributed by atoms with Crippen molar-refractivity contribution in [1.82, 2.24) is 19.8 Å². The van der Waals surface area contributed by atoms with E-state index >= 15 is 0 Å². The molecule has 3 heterocycles. The van der Waals surface area contributed by atoms with Gasteiger partial charge >= 0.3 is 0 Å². The van der Waals surface area contributed by atoms with E-state index in [9.17, 15) is 9.59 Å². The summed E-state index contributed by atoms with van der Waals surface area (Å²) >= 11 is 0. The third kappa shape index (κ3) is 4.28. The number of amides is 2. The lowest BCUT2D eigenvalue weighted by Crippen LogP contribution is -2.53. The molecule has 25 heavy (non-hydrogen) atoms. The zero-order chi connectivity index (χ0) is 17.6. The van der Waals surface area contributed by atoms with E-state index < -0.39 is 0 Å². The standard InChI is InChI=1S/C18H26N4O3/c1-25-10-9-22-16-7-8-21(12-14(16)3-2-4-18(22)24)17(23)6-5-15-11-19-13-20-15/h5-6,11,13-14,16H,2-4,7-10,12H2,1H3,(H,19,20)/b6-5+/t14-,16+/m0/s1. The molecule has 0 radical (unpaired) electrons. The number of nitrogens with one attached hydrogen (secondary N) is 1. The van der Waals surface area contributed by atoms with Crippen LogP contribution in [0.1, 0.15) is 31.4 Å². The molecule has 2 aliphatic heterocycles. The van der Waals surface area contributed by atoms with Gasteiger partial charge in [0.2, 0.25) is 11.8 Å². The van der Waals surface area contributed by atoms with E-state index in [1.54, 1.807) is 31.8 Å². The predicted molar refractivity (Wildman–Crippen MR) is 93.5 cm³/mol. The Hall–Kier alpha value is -2.15. The fourth-order valence-corrected chi connectivity index (χ4v) is 3.86. The first-order valence-corrected chi connectivity index (χ1v) is 8.93. The molecule has 0 spiro atoms. The lowest BCUT2D eigenvalue weighted by Gasteiger charge is -2.42. The third-order valence-corrected chi connectivity index (χ3v) is 5.15. The monoisotopic (exact) mass is 346 g/mol. The summed E-state index contributed by atoms with van der Waals surface area (Å²) in [5, 5.41) is 0. The largest absolute Gasteiger partial charge is 0.383 e. The lowest BCUT2D eigenvalue weighted by molar-refractivity contribution is -0.136. The summed E-state index contributed by atoms with van der Waals surface area (Å²) in [4.78, 5) is 35.7. The number of aromatic amines is 1. The number of rotatable bonds is 5. The number of imidazole rings is 1. The molecule has 2 saturated heterocycles. The molecular formula is C18H26N4O3. The number of ether oxygens (including phenoxy) is 1. The molecule has 1 aromatic heterocycles. The van der Waals surface area contributed by atoms with Gasteiger partial charge in [0.05, 0.1) is 24.8 Å². The molecule has 2 atom stereocenters. The molecule has 136 valence electrons. The SMILES string of the molecule is COCCN1C(=O)CCC[C@H]2CN(C(=O)/C=C/c3cnc[nH]3)CC[C@H]21. The Labute approximate surface area is 148 Å². The Morgan fingerprint density at radius 2 is 2.36 bits per heavy atom. The van der Waals surface area contributed by atoms with Gasteiger partial charge in [0.1, 0.15) is 0 Å². The van der Waals surface area contributed by atoms with Gasteiger partial charge in [-0.3, -0.25) is 9.59 Å². The number of methoxy groups -OCH3 is 1. The van der Waals surface area contributed by atoms with E-state index in [0.717, 1.165) is 25.0 Å². The molecule has 1 N–H and O–H groups in total. The zero-order valence-electron chi connectivity index (χ0n) is 14.7. The minimum Gasteiger partial charge on any atom is -0.383 e. The Morgan fingerprint density at radius 1 is 1.48 bits per heavy atom. The first-order chi connectivity index (χ1) is 12.2. The number of hydrogen-bond donors (Lipinski definition) is 1. The summed E-state index contributed by atoms with van der Waals surface area (Å²) in [6.45, 7) is 2.60. The summed E-state index contributed by atoms with van der Waals surface area (Å²) in [5.41, 5.74) is 0.814. The average Bonchev–Trinajstić information content (AvgIpc) is 3.09. The van der Waals surface area contributed by atoms with Crippen LogP contribution in [0.2, 0.25) is 0 Å². The second kappa shape index (κ2) is 8.29. The molecule has 0 saturated carbocycles. The second-order valence-electron chi connectivity index (χ2n) is 6.71. The van der Waals surface area contributed by atoms with Gasteiger partial charge in [0, 0.05) is 45.3 Å². The van der Waals surface area contributed by atoms with Crippen molar-refractivity contribution < 1.29 is 14.3 Å². The Bertz CT molecular complexity index is 614. The van der Waals surface area contributed by atoms with Crippen LogP contribution < -0.4 is 0 Å². The minimum atomic E-state index is 0.0204. The Kier molecular flexibility index (Phi) is 5.86. The number of aromatic nitrogens is 2. The second-order valence-corrected chi connectivity index (χ2v) is 6.71. The number of H-pyrrole nitrogens is 1. The van der Waals surface area contributed by atoms with Crippen LogP contribution in [0.15, 0.2) is 18.6 Å². The highest BCUT2D eigenvalue weighted by Gasteiger charge is 2.37. The highest BCUT2D eigenvalue weighted by atomic mass is 16.5. The van der Waals surface area contributed by atoms with Crippen molar-refractivity contribution in [1.29, 1.82) is 0 Å². The van der Waals surface area contributed by atoms with Crippen molar-refractivity contribution in [3.8, 4) is 0 Å². The van der Waals surface area contributed by atoms with Gasteiger partial charge in [0.25, 0.3) is 0 Å². The number of nitrogens with zero attached hydrogens (tertiary/aromatic N) is 3. The van der Waals surface area contributed by atoms with Gasteiger partial charge < -0.3 is 19.5 Å². The van der Waals surface area contributed by atoms with Crippen molar-refractivity contribution in [2.24, 2.45) is 5.92 Å². The maximum Gasteiger partial charge on any atom is 0.246 e. The van der Waals surface area contributed by atoms with Crippen molar-refractivity contribution >= 4 is 17.9 Å². The zero-order valence-corrected chi connectivity index (χ0v) is 14.7. The van der Waals surface area contributed by atoms with Gasteiger partial charge in [0.15, 0.2) is 0 Å². The maximum atomic E-state index is 12.5.